The number of rotatable bonds is 5. The Morgan fingerprint density at radius 1 is 0.903 bits per heavy atom. The van der Waals surface area contributed by atoms with Crippen molar-refractivity contribution >= 4 is 5.57 Å². The number of phenolic OH excluding ortho intramolecular Hbond substituents is 1. The van der Waals surface area contributed by atoms with Gasteiger partial charge >= 0.3 is 0 Å². The van der Waals surface area contributed by atoms with Crippen LogP contribution in [0.5, 0.6) is 5.75 Å². The van der Waals surface area contributed by atoms with Gasteiger partial charge in [0.1, 0.15) is 12.4 Å². The molecule has 1 fully saturated rings. The molecule has 1 saturated carbocycles. The number of phenols is 1. The number of allylic oxidation sites excluding steroid dienone is 3. The van der Waals surface area contributed by atoms with Gasteiger partial charge in [0.2, 0.25) is 0 Å². The summed E-state index contributed by atoms with van der Waals surface area (Å²) in [5.41, 5.74) is 6.64. The third kappa shape index (κ3) is 4.29. The van der Waals surface area contributed by atoms with Crippen molar-refractivity contribution in [2.24, 2.45) is 11.8 Å². The molecular formula is C29H28O2. The first-order valence-electron chi connectivity index (χ1n) is 11.2. The topological polar surface area (TPSA) is 29.5 Å². The molecule has 2 aliphatic rings. The summed E-state index contributed by atoms with van der Waals surface area (Å²) < 4.78 is 6.01. The lowest BCUT2D eigenvalue weighted by molar-refractivity contribution is 0.221. The lowest BCUT2D eigenvalue weighted by Crippen LogP contribution is -2.28. The van der Waals surface area contributed by atoms with Crippen molar-refractivity contribution in [2.45, 2.75) is 31.8 Å². The second kappa shape index (κ2) is 8.85. The molecule has 3 atom stereocenters. The van der Waals surface area contributed by atoms with Gasteiger partial charge in [0.25, 0.3) is 0 Å². The van der Waals surface area contributed by atoms with Gasteiger partial charge in [0.05, 0.1) is 6.26 Å². The minimum Gasteiger partial charge on any atom is -0.508 e. The second-order valence-electron chi connectivity index (χ2n) is 8.68. The fourth-order valence-corrected chi connectivity index (χ4v) is 5.21. The molecule has 2 aliphatic carbocycles. The van der Waals surface area contributed by atoms with Crippen molar-refractivity contribution in [1.82, 2.24) is 0 Å². The van der Waals surface area contributed by atoms with Gasteiger partial charge in [-0.3, -0.25) is 0 Å². The summed E-state index contributed by atoms with van der Waals surface area (Å²) in [7, 11) is 0. The highest BCUT2D eigenvalue weighted by molar-refractivity contribution is 5.70. The highest BCUT2D eigenvalue weighted by Crippen LogP contribution is 2.51. The predicted molar refractivity (Wildman–Crippen MR) is 125 cm³/mol. The number of ether oxygens (including phenoxy) is 1. The van der Waals surface area contributed by atoms with Crippen LogP contribution in [0.3, 0.4) is 0 Å². The third-order valence-electron chi connectivity index (χ3n) is 6.72. The zero-order valence-corrected chi connectivity index (χ0v) is 17.7. The molecule has 3 aromatic carbocycles. The van der Waals surface area contributed by atoms with Gasteiger partial charge in [-0.15, -0.1) is 0 Å². The molecule has 0 aromatic heterocycles. The summed E-state index contributed by atoms with van der Waals surface area (Å²) in [5, 5.41) is 9.68. The molecule has 0 radical (unpaired) electrons. The van der Waals surface area contributed by atoms with E-state index in [1.807, 2.05) is 18.4 Å². The van der Waals surface area contributed by atoms with E-state index in [9.17, 15) is 5.11 Å². The van der Waals surface area contributed by atoms with Crippen molar-refractivity contribution in [2.75, 3.05) is 0 Å². The zero-order chi connectivity index (χ0) is 21.0. The Kier molecular flexibility index (Phi) is 5.62. The maximum absolute atomic E-state index is 9.68. The van der Waals surface area contributed by atoms with Gasteiger partial charge in [-0.1, -0.05) is 78.9 Å². The van der Waals surface area contributed by atoms with E-state index in [0.717, 1.165) is 12.0 Å². The fourth-order valence-electron chi connectivity index (χ4n) is 5.21. The number of aromatic hydroxyl groups is 1. The highest BCUT2D eigenvalue weighted by Gasteiger charge is 2.38. The van der Waals surface area contributed by atoms with Crippen LogP contribution in [0.4, 0.5) is 0 Å². The van der Waals surface area contributed by atoms with Crippen LogP contribution < -0.4 is 0 Å². The van der Waals surface area contributed by atoms with Gasteiger partial charge in [-0.2, -0.15) is 0 Å². The average Bonchev–Trinajstić information content (AvgIpc) is 2.82. The molecule has 156 valence electrons. The standard InChI is InChI=1S/C29H28O2/c30-26-13-7-8-21(16-26)19-31-20-25-15-14-24-17-28(25)29(23-11-5-2-6-12-23)18-27(24)22-9-3-1-4-10-22/h1-13,16,18,20,24,28-30H,14-15,17,19H2. The normalized spacial score (nSPS) is 23.9. The van der Waals surface area contributed by atoms with Gasteiger partial charge in [-0.25, -0.2) is 0 Å². The number of hydrogen-bond donors (Lipinski definition) is 1. The predicted octanol–water partition coefficient (Wildman–Crippen LogP) is 7.09. The molecule has 0 aliphatic heterocycles. The van der Waals surface area contributed by atoms with Gasteiger partial charge in [-0.05, 0) is 71.1 Å². The smallest absolute Gasteiger partial charge is 0.115 e. The summed E-state index contributed by atoms with van der Waals surface area (Å²) in [6.07, 6.45) is 7.93. The lowest BCUT2D eigenvalue weighted by atomic mass is 9.63. The second-order valence-corrected chi connectivity index (χ2v) is 8.68. The third-order valence-corrected chi connectivity index (χ3v) is 6.72. The number of hydrogen-bond acceptors (Lipinski definition) is 2. The molecule has 0 amide bonds. The Morgan fingerprint density at radius 2 is 1.68 bits per heavy atom. The van der Waals surface area contributed by atoms with Crippen molar-refractivity contribution < 1.29 is 9.84 Å². The Labute approximate surface area is 184 Å². The maximum Gasteiger partial charge on any atom is 0.115 e. The zero-order valence-electron chi connectivity index (χ0n) is 17.7. The van der Waals surface area contributed by atoms with E-state index in [2.05, 4.69) is 66.7 Å². The molecule has 1 N–H and O–H groups in total. The van der Waals surface area contributed by atoms with E-state index in [1.165, 1.54) is 35.1 Å². The van der Waals surface area contributed by atoms with Crippen LogP contribution in [0.1, 0.15) is 41.9 Å². The first kappa shape index (κ1) is 19.7. The summed E-state index contributed by atoms with van der Waals surface area (Å²) in [5.74, 6) is 1.72. The molecule has 3 aromatic rings. The van der Waals surface area contributed by atoms with Crippen LogP contribution in [-0.2, 0) is 11.3 Å². The lowest BCUT2D eigenvalue weighted by Gasteiger charge is -2.41. The molecule has 2 heteroatoms. The Morgan fingerprint density at radius 3 is 2.45 bits per heavy atom. The first-order chi connectivity index (χ1) is 15.3. The van der Waals surface area contributed by atoms with Crippen molar-refractivity contribution in [1.29, 1.82) is 0 Å². The fraction of sp³-hybridized carbons (Fsp3) is 0.241. The summed E-state index contributed by atoms with van der Waals surface area (Å²) in [4.78, 5) is 0. The van der Waals surface area contributed by atoms with Crippen molar-refractivity contribution in [3.05, 3.63) is 120 Å². The molecule has 31 heavy (non-hydrogen) atoms. The van der Waals surface area contributed by atoms with E-state index in [0.29, 0.717) is 24.4 Å². The number of benzene rings is 3. The maximum atomic E-state index is 9.68. The van der Waals surface area contributed by atoms with Crippen LogP contribution in [0.25, 0.3) is 5.57 Å². The SMILES string of the molecule is Oc1cccc(COC=C2CCC3CC2C(c2ccccc2)C=C3c2ccccc2)c1. The van der Waals surface area contributed by atoms with E-state index < -0.39 is 0 Å². The molecular weight excluding hydrogens is 380 g/mol. The molecule has 2 bridgehead atoms. The van der Waals surface area contributed by atoms with Crippen LogP contribution in [-0.4, -0.2) is 5.11 Å². The minimum atomic E-state index is 0.282. The van der Waals surface area contributed by atoms with Gasteiger partial charge in [0.15, 0.2) is 0 Å². The Bertz CT molecular complexity index is 1080. The van der Waals surface area contributed by atoms with Gasteiger partial charge < -0.3 is 9.84 Å². The van der Waals surface area contributed by atoms with Crippen LogP contribution >= 0.6 is 0 Å². The van der Waals surface area contributed by atoms with E-state index in [-0.39, 0.29) is 5.75 Å². The van der Waals surface area contributed by atoms with Crippen LogP contribution in [0.2, 0.25) is 0 Å². The molecule has 5 rings (SSSR count). The quantitative estimate of drug-likeness (QED) is 0.457. The van der Waals surface area contributed by atoms with Crippen LogP contribution in [0.15, 0.2) is 103 Å². The highest BCUT2D eigenvalue weighted by atomic mass is 16.5. The Hall–Kier alpha value is -3.26. The average molecular weight is 409 g/mol. The van der Waals surface area contributed by atoms with Crippen molar-refractivity contribution in [3.8, 4) is 5.75 Å². The largest absolute Gasteiger partial charge is 0.508 e. The number of fused-ring (bicyclic) bond motifs is 2. The molecule has 0 spiro atoms. The molecule has 0 saturated heterocycles. The first-order valence-corrected chi connectivity index (χ1v) is 11.2. The van der Waals surface area contributed by atoms with Crippen LogP contribution in [0, 0.1) is 11.8 Å². The van der Waals surface area contributed by atoms with E-state index in [1.54, 1.807) is 12.1 Å². The van der Waals surface area contributed by atoms with E-state index >= 15 is 0 Å². The summed E-state index contributed by atoms with van der Waals surface area (Å²) in [6.45, 7) is 0.481. The monoisotopic (exact) mass is 408 g/mol. The minimum absolute atomic E-state index is 0.282. The summed E-state index contributed by atoms with van der Waals surface area (Å²) in [6, 6.07) is 29.0. The van der Waals surface area contributed by atoms with E-state index in [4.69, 9.17) is 4.74 Å². The Balaban J connectivity index is 1.43. The molecule has 2 nitrogen and oxygen atoms in total. The molecule has 3 unspecified atom stereocenters. The molecule has 0 heterocycles. The van der Waals surface area contributed by atoms with Crippen molar-refractivity contribution in [3.63, 3.8) is 0 Å². The summed E-state index contributed by atoms with van der Waals surface area (Å²) >= 11 is 0. The van der Waals surface area contributed by atoms with Gasteiger partial charge in [0, 0.05) is 5.92 Å².